The first kappa shape index (κ1) is 24.4. The van der Waals surface area contributed by atoms with Crippen LogP contribution in [0.4, 0.5) is 30.9 Å². The van der Waals surface area contributed by atoms with Crippen molar-refractivity contribution in [2.45, 2.75) is 26.7 Å². The monoisotopic (exact) mass is 465 g/mol. The number of hydrogen-bond donors (Lipinski definition) is 2. The highest BCUT2D eigenvalue weighted by atomic mass is 19.1. The molecule has 0 radical (unpaired) electrons. The van der Waals surface area contributed by atoms with Gasteiger partial charge in [-0.1, -0.05) is 13.8 Å². The van der Waals surface area contributed by atoms with Gasteiger partial charge in [-0.3, -0.25) is 0 Å². The summed E-state index contributed by atoms with van der Waals surface area (Å²) in [4.78, 5) is 27.2. The molecule has 1 saturated heterocycles. The summed E-state index contributed by atoms with van der Waals surface area (Å²) in [5, 5.41) is 13.6. The Hall–Kier alpha value is -3.21. The molecule has 0 bridgehead atoms. The lowest BCUT2D eigenvalue weighted by molar-refractivity contribution is -0.143. The van der Waals surface area contributed by atoms with Gasteiger partial charge in [0.2, 0.25) is 0 Å². The Kier molecular flexibility index (Phi) is 8.21. The number of halogens is 2. The van der Waals surface area contributed by atoms with Crippen molar-refractivity contribution in [1.82, 2.24) is 15.0 Å². The fourth-order valence-electron chi connectivity index (χ4n) is 3.42. The van der Waals surface area contributed by atoms with Crippen molar-refractivity contribution < 1.29 is 28.3 Å². The van der Waals surface area contributed by atoms with Crippen LogP contribution in [-0.4, -0.2) is 59.6 Å². The summed E-state index contributed by atoms with van der Waals surface area (Å²) in [6.07, 6.45) is 2.32. The SMILES string of the molecule is CC(C)COC(=O)ON1CCC(CN(C)c2cc(Nc3cc(F)c(O)cc3F)ncn2)CC1. The number of piperidine rings is 1. The van der Waals surface area contributed by atoms with Crippen molar-refractivity contribution in [3.63, 3.8) is 0 Å². The van der Waals surface area contributed by atoms with Crippen molar-refractivity contribution >= 4 is 23.5 Å². The number of phenols is 1. The molecule has 0 atom stereocenters. The van der Waals surface area contributed by atoms with Crippen LogP contribution in [0.1, 0.15) is 26.7 Å². The molecule has 11 heteroatoms. The lowest BCUT2D eigenvalue weighted by Gasteiger charge is -2.32. The molecule has 180 valence electrons. The van der Waals surface area contributed by atoms with E-state index in [0.29, 0.717) is 49.9 Å². The maximum Gasteiger partial charge on any atom is 0.527 e. The summed E-state index contributed by atoms with van der Waals surface area (Å²) in [5.74, 6) is -0.987. The predicted octanol–water partition coefficient (Wildman–Crippen LogP) is 4.08. The summed E-state index contributed by atoms with van der Waals surface area (Å²) in [6, 6.07) is 3.20. The van der Waals surface area contributed by atoms with E-state index < -0.39 is 23.5 Å². The molecule has 2 heterocycles. The Labute approximate surface area is 191 Å². The predicted molar refractivity (Wildman–Crippen MR) is 118 cm³/mol. The van der Waals surface area contributed by atoms with E-state index in [2.05, 4.69) is 15.3 Å². The molecule has 9 nitrogen and oxygen atoms in total. The van der Waals surface area contributed by atoms with Crippen molar-refractivity contribution in [1.29, 1.82) is 0 Å². The van der Waals surface area contributed by atoms with Crippen LogP contribution < -0.4 is 10.2 Å². The van der Waals surface area contributed by atoms with Crippen molar-refractivity contribution in [3.05, 3.63) is 36.2 Å². The van der Waals surface area contributed by atoms with Crippen molar-refractivity contribution in [3.8, 4) is 5.75 Å². The highest BCUT2D eigenvalue weighted by molar-refractivity contribution is 5.61. The zero-order valence-corrected chi connectivity index (χ0v) is 18.9. The first-order valence-corrected chi connectivity index (χ1v) is 10.8. The average molecular weight is 466 g/mol. The van der Waals surface area contributed by atoms with E-state index in [-0.39, 0.29) is 11.6 Å². The van der Waals surface area contributed by atoms with E-state index in [1.807, 2.05) is 25.8 Å². The van der Waals surface area contributed by atoms with Crippen LogP contribution in [-0.2, 0) is 9.57 Å². The van der Waals surface area contributed by atoms with Crippen LogP contribution in [0.15, 0.2) is 24.5 Å². The molecule has 1 aliphatic heterocycles. The van der Waals surface area contributed by atoms with Gasteiger partial charge in [-0.15, -0.1) is 5.06 Å². The van der Waals surface area contributed by atoms with Crippen molar-refractivity contribution in [2.24, 2.45) is 11.8 Å². The van der Waals surface area contributed by atoms with Gasteiger partial charge in [0.05, 0.1) is 12.3 Å². The molecule has 1 aromatic heterocycles. The highest BCUT2D eigenvalue weighted by Gasteiger charge is 2.24. The molecule has 2 N–H and O–H groups in total. The number of nitrogens with one attached hydrogen (secondary N) is 1. The highest BCUT2D eigenvalue weighted by Crippen LogP contribution is 2.27. The van der Waals surface area contributed by atoms with Gasteiger partial charge >= 0.3 is 6.16 Å². The maximum absolute atomic E-state index is 14.0. The summed E-state index contributed by atoms with van der Waals surface area (Å²) >= 11 is 0. The second-order valence-electron chi connectivity index (χ2n) is 8.47. The van der Waals surface area contributed by atoms with Crippen molar-refractivity contribution in [2.75, 3.05) is 43.5 Å². The second kappa shape index (κ2) is 11.1. The quantitative estimate of drug-likeness (QED) is 0.441. The minimum atomic E-state index is -0.936. The molecule has 1 aliphatic rings. The van der Waals surface area contributed by atoms with E-state index >= 15 is 0 Å². The zero-order valence-electron chi connectivity index (χ0n) is 18.9. The molecule has 0 aliphatic carbocycles. The van der Waals surface area contributed by atoms with Gasteiger partial charge in [-0.05, 0) is 24.7 Å². The number of carbonyl (C=O) groups excluding carboxylic acids is 1. The topological polar surface area (TPSA) is 100 Å². The molecule has 1 aromatic carbocycles. The molecule has 0 saturated carbocycles. The number of anilines is 3. The minimum absolute atomic E-state index is 0.142. The summed E-state index contributed by atoms with van der Waals surface area (Å²) in [6.45, 7) is 6.17. The van der Waals surface area contributed by atoms with Gasteiger partial charge in [-0.25, -0.2) is 23.5 Å². The van der Waals surface area contributed by atoms with E-state index in [4.69, 9.17) is 9.57 Å². The number of ether oxygens (including phenoxy) is 1. The molecule has 0 unspecified atom stereocenters. The van der Waals surface area contributed by atoms with Crippen LogP contribution in [0.25, 0.3) is 0 Å². The minimum Gasteiger partial charge on any atom is -0.505 e. The maximum atomic E-state index is 14.0. The van der Waals surface area contributed by atoms with Gasteiger partial charge in [0.25, 0.3) is 0 Å². The third kappa shape index (κ3) is 7.14. The van der Waals surface area contributed by atoms with Gasteiger partial charge < -0.3 is 24.9 Å². The fourth-order valence-corrected chi connectivity index (χ4v) is 3.42. The number of benzene rings is 1. The Balaban J connectivity index is 1.51. The fraction of sp³-hybridized carbons (Fsp3) is 0.500. The normalized spacial score (nSPS) is 14.8. The Morgan fingerprint density at radius 2 is 1.97 bits per heavy atom. The number of hydroxylamine groups is 2. The Morgan fingerprint density at radius 3 is 2.67 bits per heavy atom. The third-order valence-electron chi connectivity index (χ3n) is 5.19. The van der Waals surface area contributed by atoms with E-state index in [1.165, 1.54) is 6.33 Å². The number of rotatable bonds is 8. The Bertz CT molecular complexity index is 954. The summed E-state index contributed by atoms with van der Waals surface area (Å²) < 4.78 is 32.6. The summed E-state index contributed by atoms with van der Waals surface area (Å²) in [5.41, 5.74) is -0.142. The number of nitrogens with zero attached hydrogens (tertiary/aromatic N) is 4. The molecular weight excluding hydrogens is 436 g/mol. The van der Waals surface area contributed by atoms with Crippen LogP contribution in [0.2, 0.25) is 0 Å². The molecule has 3 rings (SSSR count). The molecule has 0 spiro atoms. The molecule has 0 amide bonds. The third-order valence-corrected chi connectivity index (χ3v) is 5.19. The number of hydrogen-bond acceptors (Lipinski definition) is 9. The number of aromatic hydroxyl groups is 1. The number of aromatic nitrogens is 2. The Morgan fingerprint density at radius 1 is 1.24 bits per heavy atom. The van der Waals surface area contributed by atoms with Crippen LogP contribution in [0.3, 0.4) is 0 Å². The second-order valence-corrected chi connectivity index (χ2v) is 8.47. The number of carbonyl (C=O) groups is 1. The first-order valence-electron chi connectivity index (χ1n) is 10.8. The van der Waals surface area contributed by atoms with Gasteiger partial charge in [-0.2, -0.15) is 0 Å². The van der Waals surface area contributed by atoms with E-state index in [9.17, 15) is 18.7 Å². The van der Waals surface area contributed by atoms with Crippen LogP contribution in [0, 0.1) is 23.5 Å². The largest absolute Gasteiger partial charge is 0.527 e. The lowest BCUT2D eigenvalue weighted by atomic mass is 9.97. The summed E-state index contributed by atoms with van der Waals surface area (Å²) in [7, 11) is 1.89. The van der Waals surface area contributed by atoms with Gasteiger partial charge in [0.1, 0.15) is 18.0 Å². The average Bonchev–Trinajstić information content (AvgIpc) is 2.77. The lowest BCUT2D eigenvalue weighted by Crippen LogP contribution is -2.39. The molecule has 33 heavy (non-hydrogen) atoms. The van der Waals surface area contributed by atoms with Crippen LogP contribution in [0.5, 0.6) is 5.75 Å². The molecule has 1 fully saturated rings. The van der Waals surface area contributed by atoms with Crippen LogP contribution >= 0.6 is 0 Å². The first-order chi connectivity index (χ1) is 15.7. The molecule has 2 aromatic rings. The van der Waals surface area contributed by atoms with Gasteiger partial charge in [0, 0.05) is 44.9 Å². The zero-order chi connectivity index (χ0) is 24.0. The standard InChI is InChI=1S/C22H29F2N5O4/c1-14(2)12-32-22(31)33-29-6-4-15(5-7-29)11-28(3)21-10-20(25-13-26-21)27-18-8-17(24)19(30)9-16(18)23/h8-10,13-15,30H,4-7,11-12H2,1-3H3,(H,25,26,27). The smallest absolute Gasteiger partial charge is 0.505 e. The van der Waals surface area contributed by atoms with E-state index in [1.54, 1.807) is 11.1 Å². The molecular formula is C22H29F2N5O4. The van der Waals surface area contributed by atoms with Gasteiger partial charge in [0.15, 0.2) is 17.4 Å². The van der Waals surface area contributed by atoms with E-state index in [0.717, 1.165) is 18.9 Å². The number of phenolic OH excluding ortho intramolecular Hbond substituents is 1.